The van der Waals surface area contributed by atoms with Crippen LogP contribution in [0, 0.1) is 0 Å². The SMILES string of the molecule is O.[I-].[I-].[I-].[Rh+3]. The molecule has 0 aromatic rings. The van der Waals surface area contributed by atoms with Crippen molar-refractivity contribution in [2.24, 2.45) is 0 Å². The van der Waals surface area contributed by atoms with Crippen molar-refractivity contribution in [1.82, 2.24) is 0 Å². The minimum Gasteiger partial charge on any atom is -1.00 e. The minimum atomic E-state index is 0. The molecule has 5 heteroatoms. The fourth-order valence-electron chi connectivity index (χ4n) is 0. The average Bonchev–Trinajstić information content (AvgIpc) is 0. The quantitative estimate of drug-likeness (QED) is 0.233. The van der Waals surface area contributed by atoms with Crippen LogP contribution in [-0.4, -0.2) is 5.48 Å². The van der Waals surface area contributed by atoms with Gasteiger partial charge in [0.1, 0.15) is 0 Å². The van der Waals surface area contributed by atoms with Gasteiger partial charge in [-0.05, 0) is 0 Å². The van der Waals surface area contributed by atoms with Crippen molar-refractivity contribution in [3.8, 4) is 0 Å². The molecule has 0 saturated heterocycles. The maximum absolute atomic E-state index is 0. The molecule has 0 aliphatic heterocycles. The Morgan fingerprint density at radius 3 is 0.600 bits per heavy atom. The second kappa shape index (κ2) is 29.4. The minimum absolute atomic E-state index is 0. The molecule has 0 aromatic heterocycles. The van der Waals surface area contributed by atoms with E-state index in [1.165, 1.54) is 0 Å². The Labute approximate surface area is 95.2 Å². The van der Waals surface area contributed by atoms with Crippen molar-refractivity contribution < 1.29 is 96.9 Å². The zero-order valence-electron chi connectivity index (χ0n) is 1.97. The van der Waals surface area contributed by atoms with Crippen LogP contribution in [0.1, 0.15) is 0 Å². The van der Waals surface area contributed by atoms with Crippen LogP contribution in [0.25, 0.3) is 0 Å². The summed E-state index contributed by atoms with van der Waals surface area (Å²) in [7, 11) is 0. The van der Waals surface area contributed by atoms with Crippen molar-refractivity contribution in [2.45, 2.75) is 0 Å². The number of halogens is 3. The smallest absolute Gasteiger partial charge is 1.00 e. The molecule has 2 N–H and O–H groups in total. The van der Waals surface area contributed by atoms with Crippen LogP contribution in [0.5, 0.6) is 0 Å². The largest absolute Gasteiger partial charge is 3.00 e. The fourth-order valence-corrected chi connectivity index (χ4v) is 0. The summed E-state index contributed by atoms with van der Waals surface area (Å²) in [5, 5.41) is 0. The third-order valence-corrected chi connectivity index (χ3v) is 0. The summed E-state index contributed by atoms with van der Waals surface area (Å²) in [6, 6.07) is 0. The van der Waals surface area contributed by atoms with Gasteiger partial charge in [-0.3, -0.25) is 0 Å². The molecule has 0 atom stereocenters. The Balaban J connectivity index is 0. The van der Waals surface area contributed by atoms with E-state index in [1.807, 2.05) is 0 Å². The van der Waals surface area contributed by atoms with Gasteiger partial charge in [-0.2, -0.15) is 0 Å². The van der Waals surface area contributed by atoms with Crippen molar-refractivity contribution >= 4 is 0 Å². The summed E-state index contributed by atoms with van der Waals surface area (Å²) in [5.41, 5.74) is 0. The van der Waals surface area contributed by atoms with E-state index in [2.05, 4.69) is 0 Å². The molecule has 1 nitrogen and oxygen atoms in total. The molecule has 0 aliphatic carbocycles. The first kappa shape index (κ1) is 46.4. The zero-order valence-corrected chi connectivity index (χ0v) is 10.1. The average molecular weight is 502 g/mol. The van der Waals surface area contributed by atoms with Gasteiger partial charge in [-0.1, -0.05) is 0 Å². The monoisotopic (exact) mass is 502 g/mol. The van der Waals surface area contributed by atoms with E-state index in [-0.39, 0.29) is 96.9 Å². The molecule has 0 amide bonds. The third kappa shape index (κ3) is 20.1. The van der Waals surface area contributed by atoms with Gasteiger partial charge in [0.05, 0.1) is 0 Å². The Hall–Kier alpha value is 2.77. The van der Waals surface area contributed by atoms with Gasteiger partial charge < -0.3 is 77.4 Å². The molecule has 0 spiro atoms. The molecule has 38 valence electrons. The summed E-state index contributed by atoms with van der Waals surface area (Å²) < 4.78 is 0. The molecule has 0 fully saturated rings. The van der Waals surface area contributed by atoms with Crippen LogP contribution >= 0.6 is 0 Å². The van der Waals surface area contributed by atoms with E-state index in [0.29, 0.717) is 0 Å². The van der Waals surface area contributed by atoms with Gasteiger partial charge in [0, 0.05) is 0 Å². The van der Waals surface area contributed by atoms with Crippen LogP contribution in [-0.2, 0) is 19.5 Å². The van der Waals surface area contributed by atoms with Gasteiger partial charge in [-0.25, -0.2) is 0 Å². The van der Waals surface area contributed by atoms with Gasteiger partial charge in [0.25, 0.3) is 0 Å². The van der Waals surface area contributed by atoms with E-state index in [0.717, 1.165) is 0 Å². The summed E-state index contributed by atoms with van der Waals surface area (Å²) in [6.07, 6.45) is 0. The summed E-state index contributed by atoms with van der Waals surface area (Å²) in [6.45, 7) is 0. The molecule has 0 saturated carbocycles. The van der Waals surface area contributed by atoms with Crippen LogP contribution < -0.4 is 71.9 Å². The molecule has 5 heavy (non-hydrogen) atoms. The van der Waals surface area contributed by atoms with Crippen LogP contribution in [0.3, 0.4) is 0 Å². The van der Waals surface area contributed by atoms with Gasteiger partial charge in [0.15, 0.2) is 0 Å². The van der Waals surface area contributed by atoms with E-state index >= 15 is 0 Å². The summed E-state index contributed by atoms with van der Waals surface area (Å²) in [5.74, 6) is 0. The van der Waals surface area contributed by atoms with Crippen LogP contribution in [0.2, 0.25) is 0 Å². The van der Waals surface area contributed by atoms with Crippen molar-refractivity contribution in [3.63, 3.8) is 0 Å². The van der Waals surface area contributed by atoms with Crippen molar-refractivity contribution in [3.05, 3.63) is 0 Å². The maximum atomic E-state index is 0. The predicted octanol–water partition coefficient (Wildman–Crippen LogP) is -9.82. The van der Waals surface area contributed by atoms with E-state index in [4.69, 9.17) is 0 Å². The molecule has 0 bridgehead atoms. The van der Waals surface area contributed by atoms with E-state index in [9.17, 15) is 0 Å². The standard InChI is InChI=1S/3HI.H2O.Rh/h3*1H;1H2;/q;;;;+3/p-3. The molecule has 0 rings (SSSR count). The number of hydrogen-bond donors (Lipinski definition) is 0. The number of rotatable bonds is 0. The van der Waals surface area contributed by atoms with Gasteiger partial charge in [0.2, 0.25) is 0 Å². The van der Waals surface area contributed by atoms with Crippen molar-refractivity contribution in [2.75, 3.05) is 0 Å². The van der Waals surface area contributed by atoms with Crippen molar-refractivity contribution in [1.29, 1.82) is 0 Å². The molecule has 0 heterocycles. The third-order valence-electron chi connectivity index (χ3n) is 0. The normalized spacial score (nSPS) is 0. The predicted molar refractivity (Wildman–Crippen MR) is 3.61 cm³/mol. The molecule has 0 aromatic carbocycles. The Bertz CT molecular complexity index is 6.85. The maximum Gasteiger partial charge on any atom is 3.00 e. The zero-order chi connectivity index (χ0) is 0. The fraction of sp³-hybridized carbons (Fsp3) is 0. The van der Waals surface area contributed by atoms with Crippen LogP contribution in [0.15, 0.2) is 0 Å². The van der Waals surface area contributed by atoms with E-state index in [1.54, 1.807) is 0 Å². The first-order valence-corrected chi connectivity index (χ1v) is 0. The summed E-state index contributed by atoms with van der Waals surface area (Å²) >= 11 is 0. The number of hydrogen-bond acceptors (Lipinski definition) is 0. The molecular weight excluding hydrogens is 500 g/mol. The van der Waals surface area contributed by atoms with Crippen LogP contribution in [0.4, 0.5) is 0 Å². The second-order valence-corrected chi connectivity index (χ2v) is 0. The molecule has 0 aliphatic rings. The molecule has 0 radical (unpaired) electrons. The topological polar surface area (TPSA) is 31.5 Å². The Morgan fingerprint density at radius 1 is 0.600 bits per heavy atom. The summed E-state index contributed by atoms with van der Waals surface area (Å²) in [4.78, 5) is 0. The first-order chi connectivity index (χ1) is 0. The first-order valence-electron chi connectivity index (χ1n) is 0. The molecular formula is H2I3ORh. The second-order valence-electron chi connectivity index (χ2n) is 0. The Morgan fingerprint density at radius 2 is 0.600 bits per heavy atom. The van der Waals surface area contributed by atoms with Gasteiger partial charge in [-0.15, -0.1) is 0 Å². The Kier molecular flexibility index (Phi) is 272. The van der Waals surface area contributed by atoms with Gasteiger partial charge >= 0.3 is 19.5 Å². The van der Waals surface area contributed by atoms with E-state index < -0.39 is 0 Å². The molecule has 0 unspecified atom stereocenters.